The standard InChI is InChI=1S/C16H17N3O/c1-19(2)15(11-9-14(12-17)16(18)20)10-8-13-6-4-3-5-7-13/h3-11H,1-2H3,(H2,18,20). The molecule has 20 heavy (non-hydrogen) atoms. The Morgan fingerprint density at radius 2 is 1.90 bits per heavy atom. The third-order valence-electron chi connectivity index (χ3n) is 2.57. The summed E-state index contributed by atoms with van der Waals surface area (Å²) in [5.74, 6) is -0.728. The number of hydrogen-bond acceptors (Lipinski definition) is 3. The lowest BCUT2D eigenvalue weighted by Crippen LogP contribution is -2.13. The molecule has 0 aliphatic heterocycles. The quantitative estimate of drug-likeness (QED) is 0.504. The molecule has 0 aliphatic carbocycles. The van der Waals surface area contributed by atoms with Gasteiger partial charge in [-0.3, -0.25) is 4.79 Å². The molecule has 0 unspecified atom stereocenters. The van der Waals surface area contributed by atoms with E-state index in [0.29, 0.717) is 0 Å². The van der Waals surface area contributed by atoms with Crippen molar-refractivity contribution in [2.45, 2.75) is 0 Å². The van der Waals surface area contributed by atoms with Crippen molar-refractivity contribution in [1.29, 1.82) is 5.26 Å². The molecule has 0 radical (unpaired) electrons. The molecular weight excluding hydrogens is 250 g/mol. The number of nitrogens with zero attached hydrogens (tertiary/aromatic N) is 2. The first kappa shape index (κ1) is 15.3. The zero-order valence-corrected chi connectivity index (χ0v) is 11.6. The van der Waals surface area contributed by atoms with E-state index in [0.717, 1.165) is 11.3 Å². The van der Waals surface area contributed by atoms with E-state index in [-0.39, 0.29) is 5.57 Å². The molecule has 4 nitrogen and oxygen atoms in total. The van der Waals surface area contributed by atoms with Crippen LogP contribution in [0.4, 0.5) is 0 Å². The maximum atomic E-state index is 11.0. The van der Waals surface area contributed by atoms with Gasteiger partial charge in [-0.1, -0.05) is 36.4 Å². The molecule has 102 valence electrons. The van der Waals surface area contributed by atoms with Crippen LogP contribution in [0.2, 0.25) is 0 Å². The van der Waals surface area contributed by atoms with Gasteiger partial charge in [0.25, 0.3) is 5.91 Å². The molecule has 1 rings (SSSR count). The molecular formula is C16H17N3O. The summed E-state index contributed by atoms with van der Waals surface area (Å²) in [6.07, 6.45) is 6.97. The third kappa shape index (κ3) is 4.83. The van der Waals surface area contributed by atoms with Crippen LogP contribution < -0.4 is 5.73 Å². The molecule has 0 atom stereocenters. The fraction of sp³-hybridized carbons (Fsp3) is 0.125. The van der Waals surface area contributed by atoms with Crippen molar-refractivity contribution in [3.8, 4) is 6.07 Å². The molecule has 0 fully saturated rings. The summed E-state index contributed by atoms with van der Waals surface area (Å²) >= 11 is 0. The Morgan fingerprint density at radius 3 is 2.40 bits per heavy atom. The van der Waals surface area contributed by atoms with Crippen LogP contribution in [-0.2, 0) is 4.79 Å². The van der Waals surface area contributed by atoms with Crippen LogP contribution in [0.25, 0.3) is 6.08 Å². The predicted octanol–water partition coefficient (Wildman–Crippen LogP) is 2.08. The molecule has 0 saturated heterocycles. The normalized spacial score (nSPS) is 12.2. The number of benzene rings is 1. The van der Waals surface area contributed by atoms with Gasteiger partial charge >= 0.3 is 0 Å². The van der Waals surface area contributed by atoms with E-state index in [2.05, 4.69) is 0 Å². The minimum absolute atomic E-state index is 0.0718. The number of rotatable bonds is 5. The zero-order valence-electron chi connectivity index (χ0n) is 11.6. The SMILES string of the molecule is CN(C)C(C=Cc1ccccc1)=CC=C(C#N)C(N)=O. The van der Waals surface area contributed by atoms with E-state index in [4.69, 9.17) is 11.0 Å². The third-order valence-corrected chi connectivity index (χ3v) is 2.57. The maximum absolute atomic E-state index is 11.0. The molecule has 0 heterocycles. The van der Waals surface area contributed by atoms with E-state index in [1.165, 1.54) is 6.08 Å². The van der Waals surface area contributed by atoms with Crippen molar-refractivity contribution in [1.82, 2.24) is 4.90 Å². The summed E-state index contributed by atoms with van der Waals surface area (Å²) in [7, 11) is 3.76. The van der Waals surface area contributed by atoms with Crippen molar-refractivity contribution >= 4 is 12.0 Å². The maximum Gasteiger partial charge on any atom is 0.259 e. The molecule has 0 aliphatic rings. The molecule has 0 saturated carbocycles. The number of hydrogen-bond donors (Lipinski definition) is 1. The summed E-state index contributed by atoms with van der Waals surface area (Å²) in [5.41, 5.74) is 6.93. The predicted molar refractivity (Wildman–Crippen MR) is 80.1 cm³/mol. The van der Waals surface area contributed by atoms with Gasteiger partial charge in [-0.15, -0.1) is 0 Å². The highest BCUT2D eigenvalue weighted by Gasteiger charge is 2.01. The molecule has 1 amide bonds. The average molecular weight is 267 g/mol. The van der Waals surface area contributed by atoms with E-state index < -0.39 is 5.91 Å². The van der Waals surface area contributed by atoms with Crippen LogP contribution in [0.1, 0.15) is 5.56 Å². The Balaban J connectivity index is 2.99. The summed E-state index contributed by atoms with van der Waals surface area (Å²) in [6, 6.07) is 11.6. The average Bonchev–Trinajstić information content (AvgIpc) is 2.43. The van der Waals surface area contributed by atoms with E-state index >= 15 is 0 Å². The number of allylic oxidation sites excluding steroid dienone is 3. The zero-order chi connectivity index (χ0) is 15.0. The van der Waals surface area contributed by atoms with Gasteiger partial charge in [0.2, 0.25) is 0 Å². The smallest absolute Gasteiger partial charge is 0.259 e. The molecule has 0 spiro atoms. The minimum atomic E-state index is -0.728. The first-order valence-corrected chi connectivity index (χ1v) is 6.07. The lowest BCUT2D eigenvalue weighted by atomic mass is 10.2. The first-order chi connectivity index (χ1) is 9.54. The van der Waals surface area contributed by atoms with Gasteiger partial charge in [0.15, 0.2) is 0 Å². The van der Waals surface area contributed by atoms with Crippen LogP contribution >= 0.6 is 0 Å². The second-order valence-electron chi connectivity index (χ2n) is 4.29. The summed E-state index contributed by atoms with van der Waals surface area (Å²) in [4.78, 5) is 12.8. The highest BCUT2D eigenvalue weighted by molar-refractivity contribution is 5.96. The number of primary amides is 1. The second-order valence-corrected chi connectivity index (χ2v) is 4.29. The fourth-order valence-electron chi connectivity index (χ4n) is 1.44. The highest BCUT2D eigenvalue weighted by Crippen LogP contribution is 2.08. The molecule has 4 heteroatoms. The van der Waals surface area contributed by atoms with Gasteiger partial charge in [-0.05, 0) is 23.8 Å². The van der Waals surface area contributed by atoms with Crippen LogP contribution in [0.15, 0.2) is 59.8 Å². The van der Waals surface area contributed by atoms with Gasteiger partial charge in [0.1, 0.15) is 11.6 Å². The van der Waals surface area contributed by atoms with Gasteiger partial charge < -0.3 is 10.6 Å². The topological polar surface area (TPSA) is 70.1 Å². The Kier molecular flexibility index (Phi) is 5.79. The van der Waals surface area contributed by atoms with E-state index in [9.17, 15) is 4.79 Å². The van der Waals surface area contributed by atoms with Gasteiger partial charge in [-0.2, -0.15) is 5.26 Å². The summed E-state index contributed by atoms with van der Waals surface area (Å²) in [5, 5.41) is 8.78. The van der Waals surface area contributed by atoms with Crippen LogP contribution in [0, 0.1) is 11.3 Å². The Hall–Kier alpha value is -2.80. The second kappa shape index (κ2) is 7.59. The van der Waals surface area contributed by atoms with Crippen molar-refractivity contribution in [2.75, 3.05) is 14.1 Å². The Morgan fingerprint density at radius 1 is 1.25 bits per heavy atom. The van der Waals surface area contributed by atoms with Crippen molar-refractivity contribution in [3.63, 3.8) is 0 Å². The molecule has 0 bridgehead atoms. The molecule has 2 N–H and O–H groups in total. The van der Waals surface area contributed by atoms with Crippen molar-refractivity contribution in [2.24, 2.45) is 5.73 Å². The fourth-order valence-corrected chi connectivity index (χ4v) is 1.44. The first-order valence-electron chi connectivity index (χ1n) is 6.07. The molecule has 1 aromatic carbocycles. The van der Waals surface area contributed by atoms with E-state index in [1.54, 1.807) is 12.1 Å². The lowest BCUT2D eigenvalue weighted by Gasteiger charge is -2.12. The minimum Gasteiger partial charge on any atom is -0.378 e. The number of likely N-dealkylation sites (N-methyl/N-ethyl adjacent to an activating group) is 1. The van der Waals surface area contributed by atoms with Gasteiger partial charge in [0.05, 0.1) is 0 Å². The van der Waals surface area contributed by atoms with Gasteiger partial charge in [-0.25, -0.2) is 0 Å². The number of nitriles is 1. The summed E-state index contributed by atoms with van der Waals surface area (Å²) < 4.78 is 0. The molecule has 0 aromatic heterocycles. The van der Waals surface area contributed by atoms with Crippen LogP contribution in [-0.4, -0.2) is 24.9 Å². The number of amides is 1. The van der Waals surface area contributed by atoms with Crippen LogP contribution in [0.5, 0.6) is 0 Å². The van der Waals surface area contributed by atoms with Gasteiger partial charge in [0, 0.05) is 19.8 Å². The lowest BCUT2D eigenvalue weighted by molar-refractivity contribution is -0.114. The monoisotopic (exact) mass is 267 g/mol. The highest BCUT2D eigenvalue weighted by atomic mass is 16.1. The Labute approximate surface area is 119 Å². The van der Waals surface area contributed by atoms with Crippen LogP contribution in [0.3, 0.4) is 0 Å². The van der Waals surface area contributed by atoms with Crippen molar-refractivity contribution in [3.05, 3.63) is 65.4 Å². The Bertz CT molecular complexity index is 590. The summed E-state index contributed by atoms with van der Waals surface area (Å²) in [6.45, 7) is 0. The largest absolute Gasteiger partial charge is 0.378 e. The number of nitrogens with two attached hydrogens (primary N) is 1. The van der Waals surface area contributed by atoms with Crippen molar-refractivity contribution < 1.29 is 4.79 Å². The number of carbonyl (C=O) groups excluding carboxylic acids is 1. The molecule has 1 aromatic rings. The number of carbonyl (C=O) groups is 1. The van der Waals surface area contributed by atoms with E-state index in [1.807, 2.05) is 61.5 Å².